The first-order valence-electron chi connectivity index (χ1n) is 7.36. The van der Waals surface area contributed by atoms with Crippen molar-refractivity contribution < 1.29 is 14.3 Å². The van der Waals surface area contributed by atoms with Gasteiger partial charge in [-0.15, -0.1) is 6.58 Å². The lowest BCUT2D eigenvalue weighted by atomic mass is 10.00. The van der Waals surface area contributed by atoms with E-state index in [2.05, 4.69) is 6.58 Å². The van der Waals surface area contributed by atoms with Crippen molar-refractivity contribution in [3.8, 4) is 0 Å². The summed E-state index contributed by atoms with van der Waals surface area (Å²) in [6, 6.07) is 9.45. The summed E-state index contributed by atoms with van der Waals surface area (Å²) in [7, 11) is 0. The number of hydrogen-bond donors (Lipinski definition) is 0. The molecule has 2 rings (SSSR count). The first-order chi connectivity index (χ1) is 10.5. The van der Waals surface area contributed by atoms with Crippen molar-refractivity contribution in [1.82, 2.24) is 4.90 Å². The topological polar surface area (TPSA) is 46.6 Å². The first-order valence-corrected chi connectivity index (χ1v) is 7.36. The average Bonchev–Trinajstić information content (AvgIpc) is 2.51. The zero-order chi connectivity index (χ0) is 16.1. The largest absolute Gasteiger partial charge is 0.477 e. The molecule has 1 heterocycles. The highest BCUT2D eigenvalue weighted by Crippen LogP contribution is 2.26. The van der Waals surface area contributed by atoms with Gasteiger partial charge in [-0.25, -0.2) is 0 Å². The summed E-state index contributed by atoms with van der Waals surface area (Å²) in [5.74, 6) is 0.377. The zero-order valence-electron chi connectivity index (χ0n) is 13.0. The first kappa shape index (κ1) is 16.0. The van der Waals surface area contributed by atoms with Gasteiger partial charge >= 0.3 is 0 Å². The van der Waals surface area contributed by atoms with E-state index in [9.17, 15) is 9.59 Å². The number of nitrogens with zero attached hydrogens (tertiary/aromatic N) is 1. The van der Waals surface area contributed by atoms with Crippen molar-refractivity contribution in [3.63, 3.8) is 0 Å². The Morgan fingerprint density at radius 2 is 2.09 bits per heavy atom. The number of ketones is 1. The number of benzene rings is 1. The van der Waals surface area contributed by atoms with E-state index in [0.29, 0.717) is 24.3 Å². The molecule has 1 aliphatic rings. The van der Waals surface area contributed by atoms with Crippen LogP contribution in [0, 0.1) is 5.92 Å². The van der Waals surface area contributed by atoms with Crippen LogP contribution in [-0.4, -0.2) is 29.9 Å². The summed E-state index contributed by atoms with van der Waals surface area (Å²) < 4.78 is 5.62. The van der Waals surface area contributed by atoms with E-state index in [1.165, 1.54) is 0 Å². The number of Topliss-reactive ketones (excluding diaryl/α,β-unsaturated/α-hetero) is 1. The molecule has 0 bridgehead atoms. The van der Waals surface area contributed by atoms with Gasteiger partial charge in [0.15, 0.2) is 6.73 Å². The number of rotatable bonds is 6. The summed E-state index contributed by atoms with van der Waals surface area (Å²) in [5, 5.41) is 0. The van der Waals surface area contributed by atoms with Crippen molar-refractivity contribution in [2.45, 2.75) is 20.3 Å². The van der Waals surface area contributed by atoms with Gasteiger partial charge in [-0.2, -0.15) is 0 Å². The number of carbonyl (C=O) groups excluding carboxylic acids is 2. The van der Waals surface area contributed by atoms with Crippen LogP contribution < -0.4 is 0 Å². The number of ether oxygens (including phenoxy) is 1. The summed E-state index contributed by atoms with van der Waals surface area (Å²) in [5.41, 5.74) is 1.40. The van der Waals surface area contributed by atoms with Gasteiger partial charge in [-0.05, 0) is 12.5 Å². The summed E-state index contributed by atoms with van der Waals surface area (Å²) in [6.45, 7) is 7.74. The Balaban J connectivity index is 2.16. The minimum Gasteiger partial charge on any atom is -0.477 e. The van der Waals surface area contributed by atoms with Gasteiger partial charge in [0, 0.05) is 18.9 Å². The van der Waals surface area contributed by atoms with Gasteiger partial charge in [-0.3, -0.25) is 9.59 Å². The van der Waals surface area contributed by atoms with Crippen LogP contribution in [0.15, 0.2) is 48.7 Å². The molecule has 0 spiro atoms. The molecule has 0 N–H and O–H groups in total. The molecule has 1 atom stereocenters. The van der Waals surface area contributed by atoms with Gasteiger partial charge in [-0.1, -0.05) is 43.3 Å². The molecule has 0 radical (unpaired) electrons. The summed E-state index contributed by atoms with van der Waals surface area (Å²) in [6.07, 6.45) is 1.91. The number of carbonyl (C=O) groups is 2. The standard InChI is InChI=1S/C18H21NO3/c1-4-8-16(20)13(2)11-19-12-22-14(3)17(18(19)21)15-9-6-5-7-10-15/h4-7,9-10,13H,1,8,11-12H2,2-3H3. The lowest BCUT2D eigenvalue weighted by Gasteiger charge is -2.31. The van der Waals surface area contributed by atoms with Crippen LogP contribution in [0.25, 0.3) is 5.57 Å². The molecule has 4 nitrogen and oxygen atoms in total. The Hall–Kier alpha value is -2.36. The Morgan fingerprint density at radius 1 is 1.41 bits per heavy atom. The van der Waals surface area contributed by atoms with Crippen LogP contribution in [-0.2, 0) is 14.3 Å². The van der Waals surface area contributed by atoms with Crippen molar-refractivity contribution in [3.05, 3.63) is 54.3 Å². The van der Waals surface area contributed by atoms with E-state index in [0.717, 1.165) is 5.56 Å². The number of amides is 1. The van der Waals surface area contributed by atoms with E-state index in [4.69, 9.17) is 4.74 Å². The van der Waals surface area contributed by atoms with Gasteiger partial charge in [0.25, 0.3) is 5.91 Å². The fraction of sp³-hybridized carbons (Fsp3) is 0.333. The van der Waals surface area contributed by atoms with Crippen LogP contribution in [0.5, 0.6) is 0 Å². The Labute approximate surface area is 131 Å². The van der Waals surface area contributed by atoms with Crippen molar-refractivity contribution >= 4 is 17.3 Å². The molecule has 1 aromatic rings. The van der Waals surface area contributed by atoms with Crippen LogP contribution in [0.3, 0.4) is 0 Å². The molecule has 1 unspecified atom stereocenters. The van der Waals surface area contributed by atoms with Crippen LogP contribution in [0.1, 0.15) is 25.8 Å². The Bertz CT molecular complexity index is 604. The predicted octanol–water partition coefficient (Wildman–Crippen LogP) is 3.02. The third-order valence-corrected chi connectivity index (χ3v) is 3.74. The fourth-order valence-electron chi connectivity index (χ4n) is 2.46. The molecule has 0 fully saturated rings. The summed E-state index contributed by atoms with van der Waals surface area (Å²) in [4.78, 5) is 26.2. The molecular formula is C18H21NO3. The lowest BCUT2D eigenvalue weighted by Crippen LogP contribution is -2.41. The van der Waals surface area contributed by atoms with E-state index in [1.54, 1.807) is 17.9 Å². The number of allylic oxidation sites excluding steroid dienone is 2. The maximum Gasteiger partial charge on any atom is 0.260 e. The third kappa shape index (κ3) is 3.45. The molecular weight excluding hydrogens is 278 g/mol. The Morgan fingerprint density at radius 3 is 2.73 bits per heavy atom. The molecule has 116 valence electrons. The van der Waals surface area contributed by atoms with Crippen LogP contribution >= 0.6 is 0 Å². The molecule has 0 aliphatic carbocycles. The smallest absolute Gasteiger partial charge is 0.260 e. The molecule has 1 amide bonds. The summed E-state index contributed by atoms with van der Waals surface area (Å²) >= 11 is 0. The van der Waals surface area contributed by atoms with Gasteiger partial charge in [0.05, 0.1) is 5.57 Å². The molecule has 0 aromatic heterocycles. The van der Waals surface area contributed by atoms with E-state index in [-0.39, 0.29) is 24.3 Å². The quantitative estimate of drug-likeness (QED) is 0.759. The monoisotopic (exact) mass is 299 g/mol. The fourth-order valence-corrected chi connectivity index (χ4v) is 2.46. The molecule has 22 heavy (non-hydrogen) atoms. The highest BCUT2D eigenvalue weighted by molar-refractivity contribution is 6.20. The van der Waals surface area contributed by atoms with Gasteiger partial charge in [0.2, 0.25) is 0 Å². The van der Waals surface area contributed by atoms with Crippen molar-refractivity contribution in [2.24, 2.45) is 5.92 Å². The van der Waals surface area contributed by atoms with Crippen LogP contribution in [0.4, 0.5) is 0 Å². The normalized spacial score (nSPS) is 16.3. The predicted molar refractivity (Wildman–Crippen MR) is 85.7 cm³/mol. The Kier molecular flexibility index (Phi) is 5.15. The maximum absolute atomic E-state index is 12.7. The van der Waals surface area contributed by atoms with E-state index < -0.39 is 0 Å². The van der Waals surface area contributed by atoms with E-state index >= 15 is 0 Å². The second-order valence-corrected chi connectivity index (χ2v) is 5.46. The molecule has 0 saturated carbocycles. The second kappa shape index (κ2) is 7.07. The highest BCUT2D eigenvalue weighted by atomic mass is 16.5. The van der Waals surface area contributed by atoms with Gasteiger partial charge in [0.1, 0.15) is 11.5 Å². The van der Waals surface area contributed by atoms with Crippen LogP contribution in [0.2, 0.25) is 0 Å². The van der Waals surface area contributed by atoms with Gasteiger partial charge < -0.3 is 9.64 Å². The van der Waals surface area contributed by atoms with Crippen molar-refractivity contribution in [1.29, 1.82) is 0 Å². The highest BCUT2D eigenvalue weighted by Gasteiger charge is 2.29. The minimum atomic E-state index is -0.235. The number of hydrogen-bond acceptors (Lipinski definition) is 3. The third-order valence-electron chi connectivity index (χ3n) is 3.74. The average molecular weight is 299 g/mol. The zero-order valence-corrected chi connectivity index (χ0v) is 13.0. The molecule has 1 aromatic carbocycles. The van der Waals surface area contributed by atoms with Crippen molar-refractivity contribution in [2.75, 3.05) is 13.3 Å². The lowest BCUT2D eigenvalue weighted by molar-refractivity contribution is -0.133. The molecule has 4 heteroatoms. The molecule has 1 aliphatic heterocycles. The molecule has 0 saturated heterocycles. The van der Waals surface area contributed by atoms with E-state index in [1.807, 2.05) is 37.3 Å². The SMILES string of the molecule is C=CCC(=O)C(C)CN1COC(C)=C(c2ccccc2)C1=O. The minimum absolute atomic E-state index is 0.0790. The maximum atomic E-state index is 12.7. The second-order valence-electron chi connectivity index (χ2n) is 5.46.